The number of hydrogen-bond acceptors (Lipinski definition) is 5. The molecule has 0 saturated heterocycles. The lowest BCUT2D eigenvalue weighted by Crippen LogP contribution is -2.45. The molecule has 0 aromatic heterocycles. The fourth-order valence-electron chi connectivity index (χ4n) is 2.86. The molecule has 0 bridgehead atoms. The maximum absolute atomic E-state index is 13.2. The molecule has 3 rings (SSSR count). The fraction of sp³-hybridized carbons (Fsp3) is 0.318. The number of nitrogens with zero attached hydrogens (tertiary/aromatic N) is 1. The smallest absolute Gasteiger partial charge is 0.265 e. The number of anilines is 1. The van der Waals surface area contributed by atoms with Gasteiger partial charge in [0.25, 0.3) is 5.91 Å². The predicted octanol–water partition coefficient (Wildman–Crippen LogP) is 2.59. The van der Waals surface area contributed by atoms with Crippen LogP contribution in [0.2, 0.25) is 0 Å². The number of fused-ring (bicyclic) bond motifs is 1. The number of ketones is 1. The molecule has 2 amide bonds. The molecule has 0 atom stereocenters. The van der Waals surface area contributed by atoms with Gasteiger partial charge in [0.2, 0.25) is 5.91 Å². The summed E-state index contributed by atoms with van der Waals surface area (Å²) in [5, 5.41) is 2.77. The quantitative estimate of drug-likeness (QED) is 0.671. The molecule has 0 saturated carbocycles. The maximum atomic E-state index is 13.2. The lowest BCUT2D eigenvalue weighted by molar-refractivity contribution is -0.125. The minimum Gasteiger partial charge on any atom is -0.485 e. The average molecular weight is 414 g/mol. The largest absolute Gasteiger partial charge is 0.485 e. The van der Waals surface area contributed by atoms with Gasteiger partial charge in [-0.3, -0.25) is 19.3 Å². The van der Waals surface area contributed by atoms with Crippen LogP contribution in [-0.2, 0) is 9.59 Å². The van der Waals surface area contributed by atoms with Crippen molar-refractivity contribution >= 4 is 23.3 Å². The SMILES string of the molecule is CC(C)CNC(=O)CN1C(=O)COc2ccc(C(=O)COc3cccc(F)c3)cc21. The number of Topliss-reactive ketones (excluding diaryl/α,β-unsaturated/α-hetero) is 1. The lowest BCUT2D eigenvalue weighted by atomic mass is 10.1. The Labute approximate surface area is 173 Å². The van der Waals surface area contributed by atoms with E-state index in [1.54, 1.807) is 18.2 Å². The normalized spacial score (nSPS) is 12.9. The minimum absolute atomic E-state index is 0.167. The van der Waals surface area contributed by atoms with Crippen molar-refractivity contribution < 1.29 is 28.2 Å². The zero-order valence-corrected chi connectivity index (χ0v) is 16.8. The van der Waals surface area contributed by atoms with E-state index in [2.05, 4.69) is 5.32 Å². The Hall–Kier alpha value is -3.42. The highest BCUT2D eigenvalue weighted by atomic mass is 19.1. The first kappa shape index (κ1) is 21.3. The molecule has 0 unspecified atom stereocenters. The van der Waals surface area contributed by atoms with E-state index in [0.29, 0.717) is 18.0 Å². The second-order valence-corrected chi connectivity index (χ2v) is 7.32. The van der Waals surface area contributed by atoms with E-state index in [1.807, 2.05) is 13.8 Å². The van der Waals surface area contributed by atoms with Crippen LogP contribution in [0.5, 0.6) is 11.5 Å². The van der Waals surface area contributed by atoms with E-state index in [9.17, 15) is 18.8 Å². The van der Waals surface area contributed by atoms with E-state index < -0.39 is 5.82 Å². The first-order valence-corrected chi connectivity index (χ1v) is 9.59. The van der Waals surface area contributed by atoms with Crippen molar-refractivity contribution in [2.24, 2.45) is 5.92 Å². The van der Waals surface area contributed by atoms with Crippen LogP contribution in [0.15, 0.2) is 42.5 Å². The van der Waals surface area contributed by atoms with Crippen LogP contribution in [0, 0.1) is 11.7 Å². The van der Waals surface area contributed by atoms with Crippen molar-refractivity contribution in [3.63, 3.8) is 0 Å². The number of rotatable bonds is 8. The number of hydrogen-bond donors (Lipinski definition) is 1. The van der Waals surface area contributed by atoms with E-state index >= 15 is 0 Å². The Balaban J connectivity index is 1.73. The van der Waals surface area contributed by atoms with Crippen LogP contribution in [0.3, 0.4) is 0 Å². The second kappa shape index (κ2) is 9.39. The summed E-state index contributed by atoms with van der Waals surface area (Å²) in [5.41, 5.74) is 0.638. The third-order valence-corrected chi connectivity index (χ3v) is 4.40. The summed E-state index contributed by atoms with van der Waals surface area (Å²) in [6.07, 6.45) is 0. The van der Waals surface area contributed by atoms with Crippen LogP contribution in [0.1, 0.15) is 24.2 Å². The minimum atomic E-state index is -0.462. The lowest BCUT2D eigenvalue weighted by Gasteiger charge is -2.29. The highest BCUT2D eigenvalue weighted by Crippen LogP contribution is 2.33. The van der Waals surface area contributed by atoms with Crippen LogP contribution in [0.25, 0.3) is 0 Å². The molecule has 8 heteroatoms. The Morgan fingerprint density at radius 2 is 2.03 bits per heavy atom. The molecular formula is C22H23FN2O5. The Morgan fingerprint density at radius 1 is 1.23 bits per heavy atom. The van der Waals surface area contributed by atoms with Gasteiger partial charge in [0.05, 0.1) is 5.69 Å². The predicted molar refractivity (Wildman–Crippen MR) is 108 cm³/mol. The van der Waals surface area contributed by atoms with E-state index in [-0.39, 0.29) is 54.6 Å². The van der Waals surface area contributed by atoms with Gasteiger partial charge in [0.1, 0.15) is 23.9 Å². The topological polar surface area (TPSA) is 84.9 Å². The molecule has 0 fully saturated rings. The monoisotopic (exact) mass is 414 g/mol. The van der Waals surface area contributed by atoms with Gasteiger partial charge in [0, 0.05) is 18.2 Å². The molecular weight excluding hydrogens is 391 g/mol. The van der Waals surface area contributed by atoms with Gasteiger partial charge in [0.15, 0.2) is 19.0 Å². The third-order valence-electron chi connectivity index (χ3n) is 4.40. The standard InChI is InChI=1S/C22H23FN2O5/c1-14(2)10-24-21(27)11-25-18-8-15(6-7-20(18)30-13-22(25)28)19(26)12-29-17-5-3-4-16(23)9-17/h3-9,14H,10-13H2,1-2H3,(H,24,27). The first-order chi connectivity index (χ1) is 14.3. The van der Waals surface area contributed by atoms with Gasteiger partial charge in [-0.25, -0.2) is 4.39 Å². The molecule has 1 aliphatic rings. The number of amides is 2. The Bertz CT molecular complexity index is 960. The van der Waals surface area contributed by atoms with Crippen molar-refractivity contribution in [2.75, 3.05) is 31.2 Å². The summed E-state index contributed by atoms with van der Waals surface area (Å²) in [6, 6.07) is 10.1. The van der Waals surface area contributed by atoms with E-state index in [1.165, 1.54) is 29.2 Å². The van der Waals surface area contributed by atoms with Crippen LogP contribution >= 0.6 is 0 Å². The van der Waals surface area contributed by atoms with Gasteiger partial charge in [-0.15, -0.1) is 0 Å². The van der Waals surface area contributed by atoms with Crippen LogP contribution < -0.4 is 19.7 Å². The van der Waals surface area contributed by atoms with Crippen LogP contribution in [0.4, 0.5) is 10.1 Å². The summed E-state index contributed by atoms with van der Waals surface area (Å²) < 4.78 is 24.0. The van der Waals surface area contributed by atoms with Gasteiger partial charge < -0.3 is 14.8 Å². The third kappa shape index (κ3) is 5.34. The highest BCUT2D eigenvalue weighted by molar-refractivity contribution is 6.04. The Morgan fingerprint density at radius 3 is 2.77 bits per heavy atom. The zero-order chi connectivity index (χ0) is 21.7. The molecule has 1 aliphatic heterocycles. The summed E-state index contributed by atoms with van der Waals surface area (Å²) >= 11 is 0. The molecule has 2 aromatic carbocycles. The molecule has 0 spiro atoms. The molecule has 1 heterocycles. The first-order valence-electron chi connectivity index (χ1n) is 9.59. The molecule has 0 radical (unpaired) electrons. The molecule has 7 nitrogen and oxygen atoms in total. The number of carbonyl (C=O) groups is 3. The van der Waals surface area contributed by atoms with E-state index in [4.69, 9.17) is 9.47 Å². The van der Waals surface area contributed by atoms with Crippen molar-refractivity contribution in [3.8, 4) is 11.5 Å². The van der Waals surface area contributed by atoms with Gasteiger partial charge in [-0.2, -0.15) is 0 Å². The number of carbonyl (C=O) groups excluding carboxylic acids is 3. The maximum Gasteiger partial charge on any atom is 0.265 e. The van der Waals surface area contributed by atoms with E-state index in [0.717, 1.165) is 0 Å². The molecule has 30 heavy (non-hydrogen) atoms. The second-order valence-electron chi connectivity index (χ2n) is 7.32. The Kier molecular flexibility index (Phi) is 6.66. The number of halogens is 1. The van der Waals surface area contributed by atoms with Crippen molar-refractivity contribution in [3.05, 3.63) is 53.8 Å². The average Bonchev–Trinajstić information content (AvgIpc) is 2.72. The van der Waals surface area contributed by atoms with Crippen molar-refractivity contribution in [1.82, 2.24) is 5.32 Å². The van der Waals surface area contributed by atoms with Gasteiger partial charge >= 0.3 is 0 Å². The fourth-order valence-corrected chi connectivity index (χ4v) is 2.86. The summed E-state index contributed by atoms with van der Waals surface area (Å²) in [4.78, 5) is 38.4. The number of ether oxygens (including phenoxy) is 2. The van der Waals surface area contributed by atoms with Crippen molar-refractivity contribution in [2.45, 2.75) is 13.8 Å². The van der Waals surface area contributed by atoms with Crippen LogP contribution in [-0.4, -0.2) is 43.9 Å². The molecule has 0 aliphatic carbocycles. The zero-order valence-electron chi connectivity index (χ0n) is 16.8. The van der Waals surface area contributed by atoms with Gasteiger partial charge in [-0.05, 0) is 36.2 Å². The summed E-state index contributed by atoms with van der Waals surface area (Å²) in [7, 11) is 0. The summed E-state index contributed by atoms with van der Waals surface area (Å²) in [6.45, 7) is 3.80. The summed E-state index contributed by atoms with van der Waals surface area (Å²) in [5.74, 6) is -0.556. The van der Waals surface area contributed by atoms with Crippen molar-refractivity contribution in [1.29, 1.82) is 0 Å². The van der Waals surface area contributed by atoms with Gasteiger partial charge in [-0.1, -0.05) is 19.9 Å². The molecule has 158 valence electrons. The highest BCUT2D eigenvalue weighted by Gasteiger charge is 2.28. The number of benzene rings is 2. The number of nitrogens with one attached hydrogen (secondary N) is 1. The molecule has 2 aromatic rings. The molecule has 1 N–H and O–H groups in total.